The van der Waals surface area contributed by atoms with Gasteiger partial charge in [-0.2, -0.15) is 0 Å². The van der Waals surface area contributed by atoms with Gasteiger partial charge in [-0.15, -0.1) is 0 Å². The zero-order valence-corrected chi connectivity index (χ0v) is 9.74. The van der Waals surface area contributed by atoms with E-state index >= 15 is 0 Å². The fraction of sp³-hybridized carbons (Fsp3) is 0.455. The van der Waals surface area contributed by atoms with E-state index in [9.17, 15) is 9.90 Å². The zero-order chi connectivity index (χ0) is 11.8. The second kappa shape index (κ2) is 4.03. The molecule has 2 heterocycles. The first-order valence-electron chi connectivity index (χ1n) is 5.12. The molecule has 2 rings (SSSR count). The molecule has 0 aliphatic carbocycles. The lowest BCUT2D eigenvalue weighted by Gasteiger charge is -2.19. The van der Waals surface area contributed by atoms with Gasteiger partial charge in [0.2, 0.25) is 0 Å². The number of pyridine rings is 1. The molecule has 0 spiro atoms. The van der Waals surface area contributed by atoms with Crippen LogP contribution in [0.1, 0.15) is 23.7 Å². The van der Waals surface area contributed by atoms with Crippen LogP contribution in [0.4, 0.5) is 0 Å². The SMILES string of the molecule is CC1(O)CCN(C(=O)c2cccnc2Cl)C1. The Kier molecular flexibility index (Phi) is 2.86. The predicted octanol–water partition coefficient (Wildman–Crippen LogP) is 1.33. The molecule has 4 nitrogen and oxygen atoms in total. The highest BCUT2D eigenvalue weighted by Crippen LogP contribution is 2.23. The molecule has 1 unspecified atom stereocenters. The Bertz CT molecular complexity index is 420. The summed E-state index contributed by atoms with van der Waals surface area (Å²) in [6.07, 6.45) is 2.13. The highest BCUT2D eigenvalue weighted by molar-refractivity contribution is 6.32. The van der Waals surface area contributed by atoms with Gasteiger partial charge in [-0.05, 0) is 25.5 Å². The lowest BCUT2D eigenvalue weighted by Crippen LogP contribution is -2.34. The van der Waals surface area contributed by atoms with Crippen LogP contribution in [0.3, 0.4) is 0 Å². The van der Waals surface area contributed by atoms with Crippen molar-refractivity contribution >= 4 is 17.5 Å². The average molecular weight is 241 g/mol. The number of rotatable bonds is 1. The number of nitrogens with zero attached hydrogens (tertiary/aromatic N) is 2. The van der Waals surface area contributed by atoms with E-state index < -0.39 is 5.60 Å². The molecule has 0 saturated carbocycles. The summed E-state index contributed by atoms with van der Waals surface area (Å²) in [5.41, 5.74) is -0.397. The Balaban J connectivity index is 2.18. The predicted molar refractivity (Wildman–Crippen MR) is 60.4 cm³/mol. The summed E-state index contributed by atoms with van der Waals surface area (Å²) in [6, 6.07) is 3.32. The molecule has 0 aromatic carbocycles. The fourth-order valence-corrected chi connectivity index (χ4v) is 2.03. The van der Waals surface area contributed by atoms with Crippen LogP contribution in [-0.2, 0) is 0 Å². The van der Waals surface area contributed by atoms with E-state index in [1.54, 1.807) is 30.2 Å². The van der Waals surface area contributed by atoms with Gasteiger partial charge in [-0.3, -0.25) is 4.79 Å². The third-order valence-corrected chi connectivity index (χ3v) is 3.03. The van der Waals surface area contributed by atoms with Crippen LogP contribution in [0.25, 0.3) is 0 Å². The molecule has 1 saturated heterocycles. The Morgan fingerprint density at radius 3 is 3.00 bits per heavy atom. The maximum Gasteiger partial charge on any atom is 0.257 e. The highest BCUT2D eigenvalue weighted by Gasteiger charge is 2.34. The normalized spacial score (nSPS) is 24.8. The number of hydrogen-bond donors (Lipinski definition) is 1. The highest BCUT2D eigenvalue weighted by atomic mass is 35.5. The van der Waals surface area contributed by atoms with E-state index in [2.05, 4.69) is 4.98 Å². The molecule has 1 aliphatic rings. The van der Waals surface area contributed by atoms with E-state index in [0.29, 0.717) is 25.1 Å². The molecule has 1 aromatic rings. The van der Waals surface area contributed by atoms with Crippen molar-refractivity contribution in [2.24, 2.45) is 0 Å². The van der Waals surface area contributed by atoms with Crippen LogP contribution in [-0.4, -0.2) is 39.6 Å². The van der Waals surface area contributed by atoms with Gasteiger partial charge >= 0.3 is 0 Å². The average Bonchev–Trinajstić information content (AvgIpc) is 2.59. The first-order chi connectivity index (χ1) is 7.49. The summed E-state index contributed by atoms with van der Waals surface area (Å²) >= 11 is 5.85. The topological polar surface area (TPSA) is 53.4 Å². The molecule has 1 atom stereocenters. The van der Waals surface area contributed by atoms with Crippen molar-refractivity contribution in [2.45, 2.75) is 18.9 Å². The van der Waals surface area contributed by atoms with Gasteiger partial charge in [0.25, 0.3) is 5.91 Å². The molecule has 1 aromatic heterocycles. The maximum atomic E-state index is 12.0. The smallest absolute Gasteiger partial charge is 0.257 e. The number of amides is 1. The van der Waals surface area contributed by atoms with Crippen molar-refractivity contribution in [3.05, 3.63) is 29.0 Å². The molecule has 86 valence electrons. The van der Waals surface area contributed by atoms with Gasteiger partial charge in [-0.1, -0.05) is 11.6 Å². The second-order valence-corrected chi connectivity index (χ2v) is 4.67. The van der Waals surface area contributed by atoms with Gasteiger partial charge in [0.15, 0.2) is 0 Å². The minimum absolute atomic E-state index is 0.170. The summed E-state index contributed by atoms with van der Waals surface area (Å²) in [7, 11) is 0. The third-order valence-electron chi connectivity index (χ3n) is 2.73. The fourth-order valence-electron chi connectivity index (χ4n) is 1.83. The van der Waals surface area contributed by atoms with Crippen molar-refractivity contribution in [3.8, 4) is 0 Å². The molecule has 0 bridgehead atoms. The molecule has 1 aliphatic heterocycles. The largest absolute Gasteiger partial charge is 0.388 e. The number of halogens is 1. The van der Waals surface area contributed by atoms with Crippen molar-refractivity contribution in [1.29, 1.82) is 0 Å². The van der Waals surface area contributed by atoms with E-state index in [-0.39, 0.29) is 11.1 Å². The molecular formula is C11H13ClN2O2. The van der Waals surface area contributed by atoms with Gasteiger partial charge in [0.05, 0.1) is 11.2 Å². The zero-order valence-electron chi connectivity index (χ0n) is 8.98. The van der Waals surface area contributed by atoms with Gasteiger partial charge in [0.1, 0.15) is 5.15 Å². The minimum Gasteiger partial charge on any atom is -0.388 e. The molecular weight excluding hydrogens is 228 g/mol. The number of β-amino-alcohol motifs (C(OH)–C–C–N with tert-alkyl or cyclic N) is 1. The third kappa shape index (κ3) is 2.18. The summed E-state index contributed by atoms with van der Waals surface area (Å²) in [5.74, 6) is -0.170. The Morgan fingerprint density at radius 1 is 1.69 bits per heavy atom. The van der Waals surface area contributed by atoms with E-state index in [0.717, 1.165) is 0 Å². The second-order valence-electron chi connectivity index (χ2n) is 4.32. The molecule has 1 N–H and O–H groups in total. The van der Waals surface area contributed by atoms with Crippen molar-refractivity contribution in [2.75, 3.05) is 13.1 Å². The van der Waals surface area contributed by atoms with E-state index in [1.807, 2.05) is 0 Å². The summed E-state index contributed by atoms with van der Waals surface area (Å²) in [6.45, 7) is 2.62. The van der Waals surface area contributed by atoms with Crippen LogP contribution < -0.4 is 0 Å². The van der Waals surface area contributed by atoms with Crippen LogP contribution in [0.15, 0.2) is 18.3 Å². The summed E-state index contributed by atoms with van der Waals surface area (Å²) in [4.78, 5) is 17.5. The number of carbonyl (C=O) groups excluding carboxylic acids is 1. The van der Waals surface area contributed by atoms with Gasteiger partial charge in [0, 0.05) is 19.3 Å². The first kappa shape index (κ1) is 11.4. The monoisotopic (exact) mass is 240 g/mol. The van der Waals surface area contributed by atoms with Gasteiger partial charge < -0.3 is 10.0 Å². The molecule has 1 fully saturated rings. The van der Waals surface area contributed by atoms with Gasteiger partial charge in [-0.25, -0.2) is 4.98 Å². The molecule has 16 heavy (non-hydrogen) atoms. The maximum absolute atomic E-state index is 12.0. The van der Waals surface area contributed by atoms with Crippen LogP contribution in [0.5, 0.6) is 0 Å². The Labute approximate surface area is 98.9 Å². The van der Waals surface area contributed by atoms with Crippen molar-refractivity contribution in [1.82, 2.24) is 9.88 Å². The number of likely N-dealkylation sites (tertiary alicyclic amines) is 1. The lowest BCUT2D eigenvalue weighted by atomic mass is 10.1. The number of aliphatic hydroxyl groups is 1. The van der Waals surface area contributed by atoms with E-state index in [4.69, 9.17) is 11.6 Å². The molecule has 5 heteroatoms. The Morgan fingerprint density at radius 2 is 2.44 bits per heavy atom. The Hall–Kier alpha value is -1.13. The van der Waals surface area contributed by atoms with Crippen LogP contribution in [0, 0.1) is 0 Å². The van der Waals surface area contributed by atoms with Crippen LogP contribution >= 0.6 is 11.6 Å². The number of hydrogen-bond acceptors (Lipinski definition) is 3. The molecule has 0 radical (unpaired) electrons. The number of carbonyl (C=O) groups is 1. The minimum atomic E-state index is -0.787. The van der Waals surface area contributed by atoms with E-state index in [1.165, 1.54) is 0 Å². The quantitative estimate of drug-likeness (QED) is 0.754. The standard InChI is InChI=1S/C11H13ClN2O2/c1-11(16)4-6-14(7-11)10(15)8-3-2-5-13-9(8)12/h2-3,5,16H,4,6-7H2,1H3. The molecule has 1 amide bonds. The first-order valence-corrected chi connectivity index (χ1v) is 5.49. The summed E-state index contributed by atoms with van der Waals surface area (Å²) in [5, 5.41) is 9.99. The number of aromatic nitrogens is 1. The summed E-state index contributed by atoms with van der Waals surface area (Å²) < 4.78 is 0. The lowest BCUT2D eigenvalue weighted by molar-refractivity contribution is 0.0572. The van der Waals surface area contributed by atoms with Crippen molar-refractivity contribution in [3.63, 3.8) is 0 Å². The van der Waals surface area contributed by atoms with Crippen LogP contribution in [0.2, 0.25) is 5.15 Å². The van der Waals surface area contributed by atoms with Crippen molar-refractivity contribution < 1.29 is 9.90 Å².